The largest absolute Gasteiger partial charge is 0.503 e. The number of halogens is 1. The van der Waals surface area contributed by atoms with E-state index in [1.807, 2.05) is 0 Å². The van der Waals surface area contributed by atoms with E-state index in [0.29, 0.717) is 5.56 Å². The van der Waals surface area contributed by atoms with Gasteiger partial charge in [0, 0.05) is 0 Å². The lowest BCUT2D eigenvalue weighted by Crippen LogP contribution is -2.12. The number of ether oxygens (including phenoxy) is 1. The van der Waals surface area contributed by atoms with Gasteiger partial charge in [0.15, 0.2) is 11.5 Å². The maximum Gasteiger partial charge on any atom is 0.306 e. The molecule has 16 heavy (non-hydrogen) atoms. The summed E-state index contributed by atoms with van der Waals surface area (Å²) in [4.78, 5) is 10.7. The second-order valence-electron chi connectivity index (χ2n) is 3.53. The Morgan fingerprint density at radius 2 is 2.19 bits per heavy atom. The number of methoxy groups -OCH3 is 1. The van der Waals surface area contributed by atoms with Gasteiger partial charge in [-0.05, 0) is 18.1 Å². The predicted octanol–water partition coefficient (Wildman–Crippen LogP) is 2.32. The summed E-state index contributed by atoms with van der Waals surface area (Å²) in [5, 5.41) is 18.6. The van der Waals surface area contributed by atoms with Crippen LogP contribution in [0.5, 0.6) is 11.5 Å². The van der Waals surface area contributed by atoms with Crippen molar-refractivity contribution in [2.75, 3.05) is 7.11 Å². The number of carboxylic acids is 1. The zero-order valence-electron chi connectivity index (χ0n) is 9.03. The van der Waals surface area contributed by atoms with E-state index in [4.69, 9.17) is 21.4 Å². The molecule has 0 aliphatic rings. The van der Waals surface area contributed by atoms with Gasteiger partial charge in [-0.15, -0.1) is 0 Å². The van der Waals surface area contributed by atoms with Crippen molar-refractivity contribution in [3.63, 3.8) is 0 Å². The molecule has 0 aliphatic heterocycles. The Morgan fingerprint density at radius 1 is 1.56 bits per heavy atom. The smallest absolute Gasteiger partial charge is 0.306 e. The number of rotatable bonds is 4. The average molecular weight is 245 g/mol. The molecule has 1 atom stereocenters. The van der Waals surface area contributed by atoms with Crippen LogP contribution in [0.2, 0.25) is 5.02 Å². The van der Waals surface area contributed by atoms with E-state index >= 15 is 0 Å². The van der Waals surface area contributed by atoms with Gasteiger partial charge in [0.1, 0.15) is 0 Å². The molecule has 0 radical (unpaired) electrons. The number of phenolic OH excluding ortho intramolecular Hbond substituents is 1. The van der Waals surface area contributed by atoms with Crippen LogP contribution < -0.4 is 4.74 Å². The normalized spacial score (nSPS) is 12.2. The van der Waals surface area contributed by atoms with Crippen LogP contribution in [0.25, 0.3) is 0 Å². The molecule has 0 aromatic heterocycles. The van der Waals surface area contributed by atoms with Gasteiger partial charge in [-0.2, -0.15) is 0 Å². The minimum absolute atomic E-state index is 0.153. The van der Waals surface area contributed by atoms with Crippen molar-refractivity contribution >= 4 is 17.6 Å². The molecule has 0 spiro atoms. The Balaban J connectivity index is 3.05. The standard InChI is InChI=1S/C11H13ClO4/c1-6(11(14)15)5-7-3-4-8(12)9(13)10(7)16-2/h3-4,6,13H,5H2,1-2H3,(H,14,15). The quantitative estimate of drug-likeness (QED) is 0.853. The Morgan fingerprint density at radius 3 is 2.69 bits per heavy atom. The van der Waals surface area contributed by atoms with E-state index in [0.717, 1.165) is 0 Å². The summed E-state index contributed by atoms with van der Waals surface area (Å²) in [6.07, 6.45) is 0.281. The summed E-state index contributed by atoms with van der Waals surface area (Å²) in [7, 11) is 1.40. The Bertz CT molecular complexity index is 403. The molecule has 0 saturated carbocycles. The Labute approximate surface area is 98.4 Å². The molecule has 1 aromatic rings. The van der Waals surface area contributed by atoms with Crippen LogP contribution in [0.4, 0.5) is 0 Å². The lowest BCUT2D eigenvalue weighted by atomic mass is 10.0. The molecule has 0 heterocycles. The maximum atomic E-state index is 10.7. The van der Waals surface area contributed by atoms with Crippen molar-refractivity contribution in [1.29, 1.82) is 0 Å². The molecule has 1 aromatic carbocycles. The summed E-state index contributed by atoms with van der Waals surface area (Å²) >= 11 is 5.72. The molecule has 1 rings (SSSR count). The number of aromatic hydroxyl groups is 1. The number of benzene rings is 1. The second kappa shape index (κ2) is 5.07. The highest BCUT2D eigenvalue weighted by Crippen LogP contribution is 2.37. The van der Waals surface area contributed by atoms with Crippen LogP contribution in [0, 0.1) is 5.92 Å². The van der Waals surface area contributed by atoms with Crippen LogP contribution in [0.3, 0.4) is 0 Å². The highest BCUT2D eigenvalue weighted by atomic mass is 35.5. The topological polar surface area (TPSA) is 66.8 Å². The van der Waals surface area contributed by atoms with Crippen molar-refractivity contribution in [2.45, 2.75) is 13.3 Å². The minimum atomic E-state index is -0.892. The third-order valence-corrected chi connectivity index (χ3v) is 2.62. The Kier molecular flexibility index (Phi) is 4.01. The molecule has 0 bridgehead atoms. The molecule has 0 fully saturated rings. The highest BCUT2D eigenvalue weighted by Gasteiger charge is 2.17. The van der Waals surface area contributed by atoms with E-state index < -0.39 is 11.9 Å². The third-order valence-electron chi connectivity index (χ3n) is 2.32. The van der Waals surface area contributed by atoms with E-state index in [2.05, 4.69) is 0 Å². The van der Waals surface area contributed by atoms with Gasteiger partial charge < -0.3 is 14.9 Å². The van der Waals surface area contributed by atoms with Crippen molar-refractivity contribution in [3.05, 3.63) is 22.7 Å². The van der Waals surface area contributed by atoms with Crippen LogP contribution in [-0.2, 0) is 11.2 Å². The van der Waals surface area contributed by atoms with Gasteiger partial charge in [-0.1, -0.05) is 24.6 Å². The van der Waals surface area contributed by atoms with Gasteiger partial charge in [0.05, 0.1) is 18.1 Å². The zero-order valence-corrected chi connectivity index (χ0v) is 9.78. The SMILES string of the molecule is COc1c(CC(C)C(=O)O)ccc(Cl)c1O. The second-order valence-corrected chi connectivity index (χ2v) is 3.94. The van der Waals surface area contributed by atoms with Crippen molar-refractivity contribution < 1.29 is 19.7 Å². The first-order valence-corrected chi connectivity index (χ1v) is 5.12. The summed E-state index contributed by atoms with van der Waals surface area (Å²) in [5.41, 5.74) is 0.624. The number of hydrogen-bond donors (Lipinski definition) is 2. The zero-order chi connectivity index (χ0) is 12.3. The number of carbonyl (C=O) groups is 1. The molecule has 2 N–H and O–H groups in total. The van der Waals surface area contributed by atoms with Crippen LogP contribution in [0.1, 0.15) is 12.5 Å². The van der Waals surface area contributed by atoms with E-state index in [1.54, 1.807) is 13.0 Å². The first kappa shape index (κ1) is 12.6. The summed E-state index contributed by atoms with van der Waals surface area (Å²) in [5.74, 6) is -1.36. The summed E-state index contributed by atoms with van der Waals surface area (Å²) in [6, 6.07) is 3.17. The molecule has 0 amide bonds. The van der Waals surface area contributed by atoms with Gasteiger partial charge in [-0.3, -0.25) is 4.79 Å². The first-order chi connectivity index (χ1) is 7.47. The van der Waals surface area contributed by atoms with Crippen molar-refractivity contribution in [3.8, 4) is 11.5 Å². The van der Waals surface area contributed by atoms with Crippen LogP contribution in [-0.4, -0.2) is 23.3 Å². The maximum absolute atomic E-state index is 10.7. The van der Waals surface area contributed by atoms with Crippen molar-refractivity contribution in [1.82, 2.24) is 0 Å². The summed E-state index contributed by atoms with van der Waals surface area (Å²) in [6.45, 7) is 1.59. The van der Waals surface area contributed by atoms with Crippen LogP contribution >= 0.6 is 11.6 Å². The third kappa shape index (κ3) is 2.58. The molecule has 5 heteroatoms. The highest BCUT2D eigenvalue weighted by molar-refractivity contribution is 6.32. The predicted molar refractivity (Wildman–Crippen MR) is 60.2 cm³/mol. The van der Waals surface area contributed by atoms with E-state index in [9.17, 15) is 9.90 Å². The first-order valence-electron chi connectivity index (χ1n) is 4.74. The van der Waals surface area contributed by atoms with E-state index in [1.165, 1.54) is 13.2 Å². The number of aliphatic carboxylic acids is 1. The number of phenols is 1. The van der Waals surface area contributed by atoms with Gasteiger partial charge in [0.2, 0.25) is 0 Å². The van der Waals surface area contributed by atoms with Crippen molar-refractivity contribution in [2.24, 2.45) is 5.92 Å². The average Bonchev–Trinajstić information content (AvgIpc) is 2.23. The lowest BCUT2D eigenvalue weighted by molar-refractivity contribution is -0.141. The molecule has 0 saturated heterocycles. The molecule has 1 unspecified atom stereocenters. The molecular weight excluding hydrogens is 232 g/mol. The monoisotopic (exact) mass is 244 g/mol. The fourth-order valence-corrected chi connectivity index (χ4v) is 1.54. The van der Waals surface area contributed by atoms with Gasteiger partial charge in [-0.25, -0.2) is 0 Å². The lowest BCUT2D eigenvalue weighted by Gasteiger charge is -2.13. The summed E-state index contributed by atoms with van der Waals surface area (Å²) < 4.78 is 5.01. The minimum Gasteiger partial charge on any atom is -0.503 e. The van der Waals surface area contributed by atoms with Gasteiger partial charge in [0.25, 0.3) is 0 Å². The fourth-order valence-electron chi connectivity index (χ4n) is 1.39. The molecule has 0 aliphatic carbocycles. The van der Waals surface area contributed by atoms with E-state index in [-0.39, 0.29) is 22.9 Å². The molecular formula is C11H13ClO4. The van der Waals surface area contributed by atoms with Gasteiger partial charge >= 0.3 is 5.97 Å². The molecule has 88 valence electrons. The van der Waals surface area contributed by atoms with Crippen LogP contribution in [0.15, 0.2) is 12.1 Å². The fraction of sp³-hybridized carbons (Fsp3) is 0.364. The molecule has 4 nitrogen and oxygen atoms in total. The Hall–Kier alpha value is -1.42. The number of carboxylic acid groups (broad SMARTS) is 1. The number of hydrogen-bond acceptors (Lipinski definition) is 3.